The highest BCUT2D eigenvalue weighted by Crippen LogP contribution is 2.36. The first-order valence-corrected chi connectivity index (χ1v) is 7.45. The van der Waals surface area contributed by atoms with Crippen LogP contribution in [0.1, 0.15) is 25.6 Å². The van der Waals surface area contributed by atoms with Gasteiger partial charge in [0.1, 0.15) is 5.00 Å². The number of azo groups is 1. The van der Waals surface area contributed by atoms with Gasteiger partial charge in [-0.05, 0) is 23.6 Å². The lowest BCUT2D eigenvalue weighted by Gasteiger charge is -2.14. The number of thiophene rings is 1. The van der Waals surface area contributed by atoms with E-state index in [0.29, 0.717) is 5.00 Å². The van der Waals surface area contributed by atoms with Crippen molar-refractivity contribution in [3.63, 3.8) is 0 Å². The van der Waals surface area contributed by atoms with Gasteiger partial charge in [-0.3, -0.25) is 20.2 Å². The highest BCUT2D eigenvalue weighted by atomic mass is 32.1. The molecule has 0 saturated heterocycles. The van der Waals surface area contributed by atoms with Crippen molar-refractivity contribution in [1.82, 2.24) is 0 Å². The van der Waals surface area contributed by atoms with Gasteiger partial charge in [-0.25, -0.2) is 0 Å². The molecule has 0 N–H and O–H groups in total. The number of nitro benzene ring substituents is 2. The van der Waals surface area contributed by atoms with Crippen LogP contribution in [-0.2, 0) is 5.41 Å². The molecule has 2 rings (SSSR count). The summed E-state index contributed by atoms with van der Waals surface area (Å²) in [6.45, 7) is 6.21. The number of hydrogen-bond acceptors (Lipinski definition) is 7. The second kappa shape index (κ2) is 6.21. The Morgan fingerprint density at radius 2 is 1.70 bits per heavy atom. The lowest BCUT2D eigenvalue weighted by molar-refractivity contribution is -0.393. The van der Waals surface area contributed by atoms with Gasteiger partial charge < -0.3 is 0 Å². The Balaban J connectivity index is 2.34. The van der Waals surface area contributed by atoms with Crippen molar-refractivity contribution in [1.29, 1.82) is 0 Å². The summed E-state index contributed by atoms with van der Waals surface area (Å²) in [6.07, 6.45) is 0. The summed E-state index contributed by atoms with van der Waals surface area (Å²) in [6, 6.07) is 6.98. The molecule has 0 aliphatic heterocycles. The number of rotatable bonds is 4. The van der Waals surface area contributed by atoms with Gasteiger partial charge in [0, 0.05) is 10.9 Å². The summed E-state index contributed by atoms with van der Waals surface area (Å²) >= 11 is 1.44. The fraction of sp³-hybridized carbons (Fsp3) is 0.286. The van der Waals surface area contributed by atoms with Crippen LogP contribution in [-0.4, -0.2) is 9.85 Å². The van der Waals surface area contributed by atoms with E-state index in [1.807, 2.05) is 6.07 Å². The van der Waals surface area contributed by atoms with E-state index < -0.39 is 15.5 Å². The van der Waals surface area contributed by atoms with Crippen molar-refractivity contribution in [2.24, 2.45) is 10.2 Å². The predicted octanol–water partition coefficient (Wildman–Crippen LogP) is 5.28. The van der Waals surface area contributed by atoms with Crippen molar-refractivity contribution < 1.29 is 9.85 Å². The lowest BCUT2D eigenvalue weighted by atomic mass is 9.95. The molecule has 0 radical (unpaired) electrons. The lowest BCUT2D eigenvalue weighted by Crippen LogP contribution is -2.07. The van der Waals surface area contributed by atoms with Gasteiger partial charge >= 0.3 is 5.69 Å². The third kappa shape index (κ3) is 3.95. The van der Waals surface area contributed by atoms with Crippen LogP contribution in [0, 0.1) is 20.2 Å². The predicted molar refractivity (Wildman–Crippen MR) is 86.9 cm³/mol. The Kier molecular flexibility index (Phi) is 4.50. The van der Waals surface area contributed by atoms with Crippen molar-refractivity contribution >= 4 is 33.4 Å². The topological polar surface area (TPSA) is 111 Å². The van der Waals surface area contributed by atoms with E-state index in [0.717, 1.165) is 17.0 Å². The van der Waals surface area contributed by atoms with E-state index in [1.165, 1.54) is 17.4 Å². The summed E-state index contributed by atoms with van der Waals surface area (Å²) in [5, 5.41) is 30.2. The van der Waals surface area contributed by atoms with E-state index in [9.17, 15) is 20.2 Å². The van der Waals surface area contributed by atoms with Crippen molar-refractivity contribution in [3.05, 3.63) is 55.4 Å². The second-order valence-corrected chi connectivity index (χ2v) is 6.84. The molecular weight excluding hydrogens is 320 g/mol. The standard InChI is InChI=1S/C14H14N4O4S/c1-14(2,3)12-6-7-13(23-12)16-15-10-5-4-9(17(19)20)8-11(10)18(21)22/h4-8H,1-3H3. The van der Waals surface area contributed by atoms with Gasteiger partial charge in [0.15, 0.2) is 5.69 Å². The summed E-state index contributed by atoms with van der Waals surface area (Å²) in [5.74, 6) is 0. The molecule has 0 saturated carbocycles. The number of non-ortho nitro benzene ring substituents is 1. The molecule has 2 aromatic rings. The van der Waals surface area contributed by atoms with E-state index >= 15 is 0 Å². The molecule has 0 unspecified atom stereocenters. The Labute approximate surface area is 135 Å². The minimum absolute atomic E-state index is 0.0161. The molecule has 0 aliphatic rings. The number of nitro groups is 2. The van der Waals surface area contributed by atoms with Crippen LogP contribution in [0.3, 0.4) is 0 Å². The van der Waals surface area contributed by atoms with Crippen LogP contribution in [0.5, 0.6) is 0 Å². The van der Waals surface area contributed by atoms with Gasteiger partial charge in [-0.2, -0.15) is 0 Å². The van der Waals surface area contributed by atoms with Crippen LogP contribution < -0.4 is 0 Å². The summed E-state index contributed by atoms with van der Waals surface area (Å²) in [7, 11) is 0. The van der Waals surface area contributed by atoms with Crippen LogP contribution in [0.25, 0.3) is 0 Å². The first-order chi connectivity index (χ1) is 10.7. The zero-order chi connectivity index (χ0) is 17.2. The van der Waals surface area contributed by atoms with Gasteiger partial charge in [-0.1, -0.05) is 20.8 Å². The molecule has 9 heteroatoms. The molecule has 1 aromatic carbocycles. The average molecular weight is 334 g/mol. The molecule has 8 nitrogen and oxygen atoms in total. The highest BCUT2D eigenvalue weighted by molar-refractivity contribution is 7.15. The van der Waals surface area contributed by atoms with Crippen molar-refractivity contribution in [3.8, 4) is 0 Å². The van der Waals surface area contributed by atoms with Crippen LogP contribution in [0.2, 0.25) is 0 Å². The maximum Gasteiger partial charge on any atom is 0.303 e. The average Bonchev–Trinajstić information content (AvgIpc) is 2.93. The first-order valence-electron chi connectivity index (χ1n) is 6.63. The van der Waals surface area contributed by atoms with Gasteiger partial charge in [-0.15, -0.1) is 21.6 Å². The molecule has 0 aliphatic carbocycles. The van der Waals surface area contributed by atoms with Crippen LogP contribution >= 0.6 is 11.3 Å². The Morgan fingerprint density at radius 1 is 1.00 bits per heavy atom. The first kappa shape index (κ1) is 16.7. The Morgan fingerprint density at radius 3 is 2.22 bits per heavy atom. The molecule has 1 aromatic heterocycles. The van der Waals surface area contributed by atoms with E-state index in [4.69, 9.17) is 0 Å². The third-order valence-electron chi connectivity index (χ3n) is 2.95. The number of hydrogen-bond donors (Lipinski definition) is 0. The summed E-state index contributed by atoms with van der Waals surface area (Å²) < 4.78 is 0. The number of nitrogens with zero attached hydrogens (tertiary/aromatic N) is 4. The molecule has 23 heavy (non-hydrogen) atoms. The monoisotopic (exact) mass is 334 g/mol. The molecular formula is C14H14N4O4S. The van der Waals surface area contributed by atoms with E-state index in [-0.39, 0.29) is 16.8 Å². The minimum atomic E-state index is -0.712. The van der Waals surface area contributed by atoms with Gasteiger partial charge in [0.05, 0.1) is 15.9 Å². The zero-order valence-corrected chi connectivity index (χ0v) is 13.5. The van der Waals surface area contributed by atoms with Crippen LogP contribution in [0.4, 0.5) is 22.1 Å². The quantitative estimate of drug-likeness (QED) is 0.430. The van der Waals surface area contributed by atoms with E-state index in [2.05, 4.69) is 31.0 Å². The van der Waals surface area contributed by atoms with Crippen molar-refractivity contribution in [2.75, 3.05) is 0 Å². The molecule has 0 fully saturated rings. The highest BCUT2D eigenvalue weighted by Gasteiger charge is 2.20. The smallest absolute Gasteiger partial charge is 0.258 e. The molecule has 0 atom stereocenters. The second-order valence-electron chi connectivity index (χ2n) is 5.78. The fourth-order valence-corrected chi connectivity index (χ4v) is 2.63. The minimum Gasteiger partial charge on any atom is -0.258 e. The molecule has 0 bridgehead atoms. The molecule has 1 heterocycles. The molecule has 0 amide bonds. The number of benzene rings is 1. The fourth-order valence-electron chi connectivity index (χ4n) is 1.74. The molecule has 120 valence electrons. The Bertz CT molecular complexity index is 792. The third-order valence-corrected chi connectivity index (χ3v) is 4.35. The SMILES string of the molecule is CC(C)(C)c1ccc(N=Nc2ccc([N+](=O)[O-])cc2[N+](=O)[O-])s1. The van der Waals surface area contributed by atoms with Crippen LogP contribution in [0.15, 0.2) is 40.6 Å². The summed E-state index contributed by atoms with van der Waals surface area (Å²) in [5.41, 5.74) is -0.846. The maximum absolute atomic E-state index is 11.0. The summed E-state index contributed by atoms with van der Waals surface area (Å²) in [4.78, 5) is 21.4. The van der Waals surface area contributed by atoms with Crippen molar-refractivity contribution in [2.45, 2.75) is 26.2 Å². The largest absolute Gasteiger partial charge is 0.303 e. The Hall–Kier alpha value is -2.68. The molecule has 0 spiro atoms. The van der Waals surface area contributed by atoms with Gasteiger partial charge in [0.25, 0.3) is 5.69 Å². The van der Waals surface area contributed by atoms with E-state index in [1.54, 1.807) is 6.07 Å². The van der Waals surface area contributed by atoms with Gasteiger partial charge in [0.2, 0.25) is 0 Å². The maximum atomic E-state index is 11.0. The normalized spacial score (nSPS) is 11.8. The zero-order valence-electron chi connectivity index (χ0n) is 12.7.